The van der Waals surface area contributed by atoms with Crippen LogP contribution >= 0.6 is 27.3 Å². The molecule has 0 unspecified atom stereocenters. The molecule has 1 aliphatic rings. The molecule has 1 heterocycles. The van der Waals surface area contributed by atoms with Gasteiger partial charge in [-0.15, -0.1) is 11.3 Å². The number of nitrogens with one attached hydrogen (secondary N) is 2. The van der Waals surface area contributed by atoms with Crippen molar-refractivity contribution < 1.29 is 13.2 Å². The van der Waals surface area contributed by atoms with Crippen LogP contribution in [-0.4, -0.2) is 25.4 Å². The lowest BCUT2D eigenvalue weighted by molar-refractivity contribution is 0.102. The molecule has 6 nitrogen and oxygen atoms in total. The number of halogens is 1. The number of hydrogen-bond donors (Lipinski definition) is 2. The molecule has 2 aromatic carbocycles. The molecule has 9 heteroatoms. The Morgan fingerprint density at radius 3 is 2.61 bits per heavy atom. The number of thiazole rings is 1. The second-order valence-corrected chi connectivity index (χ2v) is 9.91. The van der Waals surface area contributed by atoms with Crippen molar-refractivity contribution in [2.75, 3.05) is 5.32 Å². The van der Waals surface area contributed by atoms with Crippen LogP contribution in [0.15, 0.2) is 63.3 Å². The van der Waals surface area contributed by atoms with Gasteiger partial charge < -0.3 is 0 Å². The molecule has 4 rings (SSSR count). The summed E-state index contributed by atoms with van der Waals surface area (Å²) in [5.74, 6) is -0.403. The Morgan fingerprint density at radius 2 is 1.89 bits per heavy atom. The van der Waals surface area contributed by atoms with Gasteiger partial charge in [0, 0.05) is 27.0 Å². The number of hydrogen-bond acceptors (Lipinski definition) is 5. The minimum absolute atomic E-state index is 0.00910. The third kappa shape index (κ3) is 4.49. The summed E-state index contributed by atoms with van der Waals surface area (Å²) in [5.41, 5.74) is 1.97. The van der Waals surface area contributed by atoms with Crippen LogP contribution in [0.1, 0.15) is 23.2 Å². The number of aromatic nitrogens is 1. The molecule has 1 amide bonds. The summed E-state index contributed by atoms with van der Waals surface area (Å²) in [7, 11) is -3.61. The lowest BCUT2D eigenvalue weighted by atomic mass is 10.2. The fourth-order valence-electron chi connectivity index (χ4n) is 2.55. The van der Waals surface area contributed by atoms with Crippen LogP contribution < -0.4 is 10.0 Å². The highest BCUT2D eigenvalue weighted by atomic mass is 79.9. The molecular weight excluding hydrogens is 462 g/mol. The molecule has 1 aromatic heterocycles. The van der Waals surface area contributed by atoms with Gasteiger partial charge in [0.05, 0.1) is 10.6 Å². The smallest absolute Gasteiger partial charge is 0.257 e. The fourth-order valence-corrected chi connectivity index (χ4v) is 4.88. The monoisotopic (exact) mass is 477 g/mol. The Hall–Kier alpha value is -2.07. The largest absolute Gasteiger partial charge is 0.298 e. The Bertz CT molecular complexity index is 1120. The zero-order chi connectivity index (χ0) is 19.7. The molecule has 0 radical (unpaired) electrons. The van der Waals surface area contributed by atoms with Gasteiger partial charge in [-0.2, -0.15) is 0 Å². The number of benzene rings is 2. The molecule has 3 aromatic rings. The summed E-state index contributed by atoms with van der Waals surface area (Å²) < 4.78 is 28.3. The van der Waals surface area contributed by atoms with Crippen molar-refractivity contribution >= 4 is 48.3 Å². The molecule has 0 spiro atoms. The highest BCUT2D eigenvalue weighted by Crippen LogP contribution is 2.27. The number of anilines is 1. The van der Waals surface area contributed by atoms with Crippen LogP contribution in [0.3, 0.4) is 0 Å². The molecule has 144 valence electrons. The summed E-state index contributed by atoms with van der Waals surface area (Å²) in [6, 6.07) is 13.7. The van der Waals surface area contributed by atoms with E-state index in [4.69, 9.17) is 0 Å². The summed E-state index contributed by atoms with van der Waals surface area (Å²) in [6.07, 6.45) is 1.70. The highest BCUT2D eigenvalue weighted by Gasteiger charge is 2.28. The minimum Gasteiger partial charge on any atom is -0.298 e. The summed E-state index contributed by atoms with van der Waals surface area (Å²) >= 11 is 4.71. The van der Waals surface area contributed by atoms with E-state index in [2.05, 4.69) is 31.0 Å². The molecule has 0 bridgehead atoms. The summed E-state index contributed by atoms with van der Waals surface area (Å²) in [4.78, 5) is 17.1. The van der Waals surface area contributed by atoms with Gasteiger partial charge in [0.2, 0.25) is 10.0 Å². The zero-order valence-corrected chi connectivity index (χ0v) is 17.8. The van der Waals surface area contributed by atoms with Crippen LogP contribution in [0.5, 0.6) is 0 Å². The highest BCUT2D eigenvalue weighted by molar-refractivity contribution is 9.10. The van der Waals surface area contributed by atoms with Crippen LogP contribution in [-0.2, 0) is 10.0 Å². The molecule has 0 atom stereocenters. The molecular formula is C19H16BrN3O3S2. The van der Waals surface area contributed by atoms with Gasteiger partial charge in [0.1, 0.15) is 0 Å². The normalized spacial score (nSPS) is 14.0. The number of nitrogens with zero attached hydrogens (tertiary/aromatic N) is 1. The average molecular weight is 478 g/mol. The van der Waals surface area contributed by atoms with E-state index in [1.165, 1.54) is 23.5 Å². The quantitative estimate of drug-likeness (QED) is 0.554. The fraction of sp³-hybridized carbons (Fsp3) is 0.158. The minimum atomic E-state index is -3.61. The Labute approximate surface area is 175 Å². The van der Waals surface area contributed by atoms with E-state index in [1.807, 2.05) is 29.6 Å². The third-order valence-electron chi connectivity index (χ3n) is 4.17. The standard InChI is InChI=1S/C19H16BrN3O3S2/c20-14-6-4-12(5-7-14)17-11-27-19(21-17)22-18(24)13-2-1-3-16(10-13)28(25,26)23-15-8-9-15/h1-7,10-11,15,23H,8-9H2,(H,21,22,24). The van der Waals surface area contributed by atoms with Gasteiger partial charge in [-0.25, -0.2) is 18.1 Å². The first-order valence-electron chi connectivity index (χ1n) is 8.56. The summed E-state index contributed by atoms with van der Waals surface area (Å²) in [5, 5.41) is 5.05. The van der Waals surface area contributed by atoms with Gasteiger partial charge >= 0.3 is 0 Å². The van der Waals surface area contributed by atoms with E-state index in [1.54, 1.807) is 12.1 Å². The maximum absolute atomic E-state index is 12.6. The lowest BCUT2D eigenvalue weighted by Gasteiger charge is -2.07. The van der Waals surface area contributed by atoms with Crippen molar-refractivity contribution in [3.05, 3.63) is 63.9 Å². The Morgan fingerprint density at radius 1 is 1.14 bits per heavy atom. The summed E-state index contributed by atoms with van der Waals surface area (Å²) in [6.45, 7) is 0. The number of carbonyl (C=O) groups is 1. The van der Waals surface area contributed by atoms with Gasteiger partial charge in [-0.1, -0.05) is 34.1 Å². The van der Waals surface area contributed by atoms with E-state index in [0.29, 0.717) is 5.13 Å². The van der Waals surface area contributed by atoms with E-state index in [-0.39, 0.29) is 16.5 Å². The first-order chi connectivity index (χ1) is 13.4. The molecule has 1 fully saturated rings. The van der Waals surface area contributed by atoms with Gasteiger partial charge in [-0.3, -0.25) is 10.1 Å². The lowest BCUT2D eigenvalue weighted by Crippen LogP contribution is -2.26. The number of amides is 1. The molecule has 2 N–H and O–H groups in total. The van der Waals surface area contributed by atoms with Crippen molar-refractivity contribution in [1.29, 1.82) is 0 Å². The number of rotatable bonds is 6. The number of sulfonamides is 1. The zero-order valence-electron chi connectivity index (χ0n) is 14.6. The third-order valence-corrected chi connectivity index (χ3v) is 6.97. The second kappa shape index (κ2) is 7.75. The maximum atomic E-state index is 12.6. The predicted molar refractivity (Wildman–Crippen MR) is 113 cm³/mol. The van der Waals surface area contributed by atoms with Gasteiger partial charge in [0.25, 0.3) is 5.91 Å². The average Bonchev–Trinajstić information content (AvgIpc) is 3.36. The second-order valence-electron chi connectivity index (χ2n) is 6.42. The first kappa shape index (κ1) is 19.3. The molecule has 0 aliphatic heterocycles. The Balaban J connectivity index is 1.49. The van der Waals surface area contributed by atoms with Crippen LogP contribution in [0.4, 0.5) is 5.13 Å². The van der Waals surface area contributed by atoms with E-state index >= 15 is 0 Å². The van der Waals surface area contributed by atoms with Crippen molar-refractivity contribution in [3.8, 4) is 11.3 Å². The maximum Gasteiger partial charge on any atom is 0.257 e. The van der Waals surface area contributed by atoms with E-state index < -0.39 is 15.9 Å². The van der Waals surface area contributed by atoms with Crippen molar-refractivity contribution in [2.45, 2.75) is 23.8 Å². The SMILES string of the molecule is O=C(Nc1nc(-c2ccc(Br)cc2)cs1)c1cccc(S(=O)(=O)NC2CC2)c1. The molecule has 1 saturated carbocycles. The molecule has 0 saturated heterocycles. The van der Waals surface area contributed by atoms with E-state index in [9.17, 15) is 13.2 Å². The van der Waals surface area contributed by atoms with Gasteiger partial charge in [0.15, 0.2) is 5.13 Å². The predicted octanol–water partition coefficient (Wildman–Crippen LogP) is 4.27. The Kier molecular flexibility index (Phi) is 5.33. The van der Waals surface area contributed by atoms with Crippen molar-refractivity contribution in [2.24, 2.45) is 0 Å². The topological polar surface area (TPSA) is 88.2 Å². The van der Waals surface area contributed by atoms with Crippen LogP contribution in [0.2, 0.25) is 0 Å². The first-order valence-corrected chi connectivity index (χ1v) is 11.7. The van der Waals surface area contributed by atoms with E-state index in [0.717, 1.165) is 28.6 Å². The molecule has 1 aliphatic carbocycles. The number of carbonyl (C=O) groups excluding carboxylic acids is 1. The molecule has 28 heavy (non-hydrogen) atoms. The van der Waals surface area contributed by atoms with Gasteiger partial charge in [-0.05, 0) is 43.2 Å². The van der Waals surface area contributed by atoms with Crippen LogP contribution in [0.25, 0.3) is 11.3 Å². The van der Waals surface area contributed by atoms with Crippen molar-refractivity contribution in [1.82, 2.24) is 9.71 Å². The van der Waals surface area contributed by atoms with Crippen molar-refractivity contribution in [3.63, 3.8) is 0 Å². The van der Waals surface area contributed by atoms with Crippen LogP contribution in [0, 0.1) is 0 Å².